The molecule has 0 aromatic heterocycles. The number of carbonyl (C=O) groups is 1. The summed E-state index contributed by atoms with van der Waals surface area (Å²) in [5, 5.41) is 3.02. The van der Waals surface area contributed by atoms with Crippen LogP contribution in [0.4, 0.5) is 5.69 Å². The molecule has 6 heteroatoms. The first-order valence-electron chi connectivity index (χ1n) is 8.66. The van der Waals surface area contributed by atoms with E-state index < -0.39 is 0 Å². The molecule has 0 heterocycles. The van der Waals surface area contributed by atoms with Gasteiger partial charge in [-0.25, -0.2) is 0 Å². The molecule has 0 saturated heterocycles. The Labute approximate surface area is 173 Å². The standard InChI is InChI=1S/C22H21NO3S2/c1-25-19-13-12-17(14-20(19)26-2)27-15-22(24)23-18-10-6-7-11-21(18)28-16-8-4-3-5-9-16/h3-14H,15H2,1-2H3,(H,23,24). The number of hydrogen-bond donors (Lipinski definition) is 1. The molecule has 0 aliphatic rings. The number of anilines is 1. The van der Waals surface area contributed by atoms with Crippen LogP contribution in [0, 0.1) is 0 Å². The zero-order valence-electron chi connectivity index (χ0n) is 15.7. The van der Waals surface area contributed by atoms with Crippen LogP contribution in [0.5, 0.6) is 11.5 Å². The molecule has 3 aromatic carbocycles. The highest BCUT2D eigenvalue weighted by Crippen LogP contribution is 2.34. The maximum atomic E-state index is 12.5. The molecule has 0 atom stereocenters. The molecule has 3 rings (SSSR count). The third kappa shape index (κ3) is 5.47. The maximum absolute atomic E-state index is 12.5. The van der Waals surface area contributed by atoms with Crippen molar-refractivity contribution in [3.8, 4) is 11.5 Å². The Hall–Kier alpha value is -2.57. The number of hydrogen-bond acceptors (Lipinski definition) is 5. The van der Waals surface area contributed by atoms with Crippen molar-refractivity contribution in [3.05, 3.63) is 72.8 Å². The minimum Gasteiger partial charge on any atom is -0.493 e. The van der Waals surface area contributed by atoms with Gasteiger partial charge in [0.2, 0.25) is 5.91 Å². The van der Waals surface area contributed by atoms with Gasteiger partial charge < -0.3 is 14.8 Å². The number of ether oxygens (including phenoxy) is 2. The summed E-state index contributed by atoms with van der Waals surface area (Å²) in [5.41, 5.74) is 0.814. The first-order chi connectivity index (χ1) is 13.7. The lowest BCUT2D eigenvalue weighted by molar-refractivity contribution is -0.113. The molecule has 28 heavy (non-hydrogen) atoms. The second kappa shape index (κ2) is 10.1. The van der Waals surface area contributed by atoms with Crippen molar-refractivity contribution in [3.63, 3.8) is 0 Å². The van der Waals surface area contributed by atoms with E-state index in [1.165, 1.54) is 11.8 Å². The topological polar surface area (TPSA) is 47.6 Å². The highest BCUT2D eigenvalue weighted by molar-refractivity contribution is 8.00. The van der Waals surface area contributed by atoms with E-state index in [2.05, 4.69) is 17.4 Å². The molecule has 0 aliphatic heterocycles. The quantitative estimate of drug-likeness (QED) is 0.490. The molecule has 0 fully saturated rings. The molecule has 1 N–H and O–H groups in total. The van der Waals surface area contributed by atoms with Crippen LogP contribution in [0.2, 0.25) is 0 Å². The maximum Gasteiger partial charge on any atom is 0.234 e. The summed E-state index contributed by atoms with van der Waals surface area (Å²) in [6.45, 7) is 0. The van der Waals surface area contributed by atoms with Crippen LogP contribution in [0.3, 0.4) is 0 Å². The van der Waals surface area contributed by atoms with Crippen LogP contribution < -0.4 is 14.8 Å². The van der Waals surface area contributed by atoms with Crippen LogP contribution in [-0.4, -0.2) is 25.9 Å². The van der Waals surface area contributed by atoms with Gasteiger partial charge in [-0.05, 0) is 42.5 Å². The third-order valence-corrected chi connectivity index (χ3v) is 5.93. The first-order valence-corrected chi connectivity index (χ1v) is 10.5. The number of amides is 1. The minimum atomic E-state index is -0.0547. The number of rotatable bonds is 8. The monoisotopic (exact) mass is 411 g/mol. The van der Waals surface area contributed by atoms with Crippen molar-refractivity contribution in [2.45, 2.75) is 14.7 Å². The Kier molecular flexibility index (Phi) is 7.28. The average Bonchev–Trinajstić information content (AvgIpc) is 2.74. The Balaban J connectivity index is 1.62. The second-order valence-corrected chi connectivity index (χ2v) is 7.93. The van der Waals surface area contributed by atoms with E-state index in [1.54, 1.807) is 26.0 Å². The van der Waals surface area contributed by atoms with Crippen LogP contribution >= 0.6 is 23.5 Å². The van der Waals surface area contributed by atoms with Crippen LogP contribution in [-0.2, 0) is 4.79 Å². The molecular formula is C22H21NO3S2. The Morgan fingerprint density at radius 1 is 0.857 bits per heavy atom. The lowest BCUT2D eigenvalue weighted by Gasteiger charge is -2.11. The van der Waals surface area contributed by atoms with Crippen molar-refractivity contribution in [1.82, 2.24) is 0 Å². The van der Waals surface area contributed by atoms with E-state index in [9.17, 15) is 4.79 Å². The van der Waals surface area contributed by atoms with E-state index in [1.807, 2.05) is 60.7 Å². The summed E-state index contributed by atoms with van der Waals surface area (Å²) in [7, 11) is 3.20. The summed E-state index contributed by atoms with van der Waals surface area (Å²) in [4.78, 5) is 15.6. The predicted octanol–water partition coefficient (Wildman–Crippen LogP) is 5.59. The van der Waals surface area contributed by atoms with Crippen LogP contribution in [0.25, 0.3) is 0 Å². The average molecular weight is 412 g/mol. The van der Waals surface area contributed by atoms with Gasteiger partial charge in [0, 0.05) is 14.7 Å². The van der Waals surface area contributed by atoms with Crippen LogP contribution in [0.15, 0.2) is 87.5 Å². The van der Waals surface area contributed by atoms with Gasteiger partial charge >= 0.3 is 0 Å². The van der Waals surface area contributed by atoms with Gasteiger partial charge in [0.15, 0.2) is 11.5 Å². The fraction of sp³-hybridized carbons (Fsp3) is 0.136. The molecule has 3 aromatic rings. The molecule has 0 radical (unpaired) electrons. The largest absolute Gasteiger partial charge is 0.493 e. The number of methoxy groups -OCH3 is 2. The summed E-state index contributed by atoms with van der Waals surface area (Å²) >= 11 is 3.08. The third-order valence-electron chi connectivity index (χ3n) is 3.86. The van der Waals surface area contributed by atoms with Gasteiger partial charge in [-0.2, -0.15) is 0 Å². The lowest BCUT2D eigenvalue weighted by atomic mass is 10.3. The number of nitrogens with one attached hydrogen (secondary N) is 1. The first kappa shape index (κ1) is 20.2. The van der Waals surface area contributed by atoms with Crippen molar-refractivity contribution >= 4 is 35.1 Å². The van der Waals surface area contributed by atoms with Gasteiger partial charge in [0.25, 0.3) is 0 Å². The summed E-state index contributed by atoms with van der Waals surface area (Å²) in [5.74, 6) is 1.57. The lowest BCUT2D eigenvalue weighted by Crippen LogP contribution is -2.14. The van der Waals surface area contributed by atoms with E-state index in [0.29, 0.717) is 17.3 Å². The van der Waals surface area contributed by atoms with Gasteiger partial charge in [-0.15, -0.1) is 11.8 Å². The van der Waals surface area contributed by atoms with Gasteiger partial charge in [0.05, 0.1) is 25.7 Å². The number of benzene rings is 3. The highest BCUT2D eigenvalue weighted by atomic mass is 32.2. The molecule has 0 spiro atoms. The summed E-state index contributed by atoms with van der Waals surface area (Å²) in [6, 6.07) is 23.5. The van der Waals surface area contributed by atoms with Crippen molar-refractivity contribution in [2.75, 3.05) is 25.3 Å². The molecule has 0 saturated carbocycles. The smallest absolute Gasteiger partial charge is 0.234 e. The van der Waals surface area contributed by atoms with Crippen molar-refractivity contribution < 1.29 is 14.3 Å². The molecular weight excluding hydrogens is 390 g/mol. The Morgan fingerprint density at radius 3 is 2.32 bits per heavy atom. The number of carbonyl (C=O) groups excluding carboxylic acids is 1. The highest BCUT2D eigenvalue weighted by Gasteiger charge is 2.10. The normalized spacial score (nSPS) is 10.4. The Bertz CT molecular complexity index is 932. The number of para-hydroxylation sites is 1. The Morgan fingerprint density at radius 2 is 1.57 bits per heavy atom. The predicted molar refractivity (Wildman–Crippen MR) is 116 cm³/mol. The molecule has 0 bridgehead atoms. The van der Waals surface area contributed by atoms with Gasteiger partial charge in [-0.3, -0.25) is 4.79 Å². The number of thioether (sulfide) groups is 1. The zero-order valence-corrected chi connectivity index (χ0v) is 17.3. The van der Waals surface area contributed by atoms with Crippen molar-refractivity contribution in [1.29, 1.82) is 0 Å². The molecule has 1 amide bonds. The summed E-state index contributed by atoms with van der Waals surface area (Å²) < 4.78 is 10.6. The second-order valence-electron chi connectivity index (χ2n) is 5.76. The molecule has 0 unspecified atom stereocenters. The van der Waals surface area contributed by atoms with E-state index in [-0.39, 0.29) is 5.91 Å². The van der Waals surface area contributed by atoms with E-state index >= 15 is 0 Å². The van der Waals surface area contributed by atoms with E-state index in [0.717, 1.165) is 20.4 Å². The molecule has 4 nitrogen and oxygen atoms in total. The fourth-order valence-corrected chi connectivity index (χ4v) is 4.16. The minimum absolute atomic E-state index is 0.0547. The van der Waals surface area contributed by atoms with Gasteiger partial charge in [-0.1, -0.05) is 42.1 Å². The van der Waals surface area contributed by atoms with Gasteiger partial charge in [0.1, 0.15) is 0 Å². The van der Waals surface area contributed by atoms with E-state index in [4.69, 9.17) is 9.47 Å². The molecule has 144 valence electrons. The van der Waals surface area contributed by atoms with Crippen molar-refractivity contribution in [2.24, 2.45) is 0 Å². The van der Waals surface area contributed by atoms with Crippen LogP contribution in [0.1, 0.15) is 0 Å². The fourth-order valence-electron chi connectivity index (χ4n) is 2.52. The molecule has 0 aliphatic carbocycles. The zero-order chi connectivity index (χ0) is 19.8. The summed E-state index contributed by atoms with van der Waals surface area (Å²) in [6.07, 6.45) is 0. The SMILES string of the molecule is COc1ccc(SCC(=O)Nc2ccccc2Sc2ccccc2)cc1OC.